The van der Waals surface area contributed by atoms with Crippen molar-refractivity contribution < 1.29 is 0 Å². The van der Waals surface area contributed by atoms with E-state index in [1.165, 1.54) is 0 Å². The number of rotatable bonds is 7. The second-order valence-electron chi connectivity index (χ2n) is 4.45. The van der Waals surface area contributed by atoms with Gasteiger partial charge >= 0.3 is 0 Å². The molecular formula is C13H21N5. The number of hydrogen-bond acceptors (Lipinski definition) is 3. The van der Waals surface area contributed by atoms with Gasteiger partial charge in [0.1, 0.15) is 5.82 Å². The first-order chi connectivity index (χ1) is 8.79. The van der Waals surface area contributed by atoms with Crippen LogP contribution in [0.1, 0.15) is 24.9 Å². The average molecular weight is 247 g/mol. The van der Waals surface area contributed by atoms with Crippen LogP contribution in [0.15, 0.2) is 24.7 Å². The molecule has 18 heavy (non-hydrogen) atoms. The van der Waals surface area contributed by atoms with Crippen LogP contribution >= 0.6 is 0 Å². The van der Waals surface area contributed by atoms with Crippen LogP contribution in [0.2, 0.25) is 0 Å². The quantitative estimate of drug-likeness (QED) is 0.752. The molecule has 0 aliphatic rings. The maximum Gasteiger partial charge on any atom is 0.110 e. The molecule has 0 aromatic carbocycles. The summed E-state index contributed by atoms with van der Waals surface area (Å²) in [6.07, 6.45) is 7.90. The Morgan fingerprint density at radius 3 is 2.94 bits per heavy atom. The van der Waals surface area contributed by atoms with E-state index in [0.29, 0.717) is 0 Å². The lowest BCUT2D eigenvalue weighted by Crippen LogP contribution is -2.14. The smallest absolute Gasteiger partial charge is 0.110 e. The molecule has 0 bridgehead atoms. The van der Waals surface area contributed by atoms with Crippen molar-refractivity contribution in [3.05, 3.63) is 36.2 Å². The molecule has 1 N–H and O–H groups in total. The first-order valence-corrected chi connectivity index (χ1v) is 6.49. The van der Waals surface area contributed by atoms with E-state index in [-0.39, 0.29) is 0 Å². The molecule has 0 saturated carbocycles. The lowest BCUT2D eigenvalue weighted by atomic mass is 10.4. The second-order valence-corrected chi connectivity index (χ2v) is 4.45. The van der Waals surface area contributed by atoms with Gasteiger partial charge in [0.25, 0.3) is 0 Å². The average Bonchev–Trinajstić information content (AvgIpc) is 2.96. The Morgan fingerprint density at radius 1 is 1.33 bits per heavy atom. The lowest BCUT2D eigenvalue weighted by molar-refractivity contribution is 0.573. The molecule has 5 heteroatoms. The SMILES string of the molecule is CCCNCc1ccn(CCc2nccn2C)n1. The highest BCUT2D eigenvalue weighted by Gasteiger charge is 2.02. The Labute approximate surface area is 108 Å². The molecule has 0 radical (unpaired) electrons. The van der Waals surface area contributed by atoms with Crippen molar-refractivity contribution in [1.82, 2.24) is 24.6 Å². The minimum atomic E-state index is 0.850. The van der Waals surface area contributed by atoms with Gasteiger partial charge < -0.3 is 9.88 Å². The molecule has 0 fully saturated rings. The Kier molecular flexibility index (Phi) is 4.52. The molecule has 98 valence electrons. The highest BCUT2D eigenvalue weighted by molar-refractivity contribution is 4.99. The predicted molar refractivity (Wildman–Crippen MR) is 71.1 cm³/mol. The van der Waals surface area contributed by atoms with Gasteiger partial charge in [0, 0.05) is 45.1 Å². The summed E-state index contributed by atoms with van der Waals surface area (Å²) in [5, 5.41) is 7.88. The molecule has 2 heterocycles. The number of aromatic nitrogens is 4. The van der Waals surface area contributed by atoms with E-state index in [0.717, 1.165) is 44.0 Å². The van der Waals surface area contributed by atoms with Crippen LogP contribution in [0.25, 0.3) is 0 Å². The van der Waals surface area contributed by atoms with E-state index in [2.05, 4.69) is 28.4 Å². The summed E-state index contributed by atoms with van der Waals surface area (Å²) in [6.45, 7) is 4.93. The van der Waals surface area contributed by atoms with Crippen LogP contribution in [-0.2, 0) is 26.6 Å². The molecule has 0 aliphatic carbocycles. The fourth-order valence-electron chi connectivity index (χ4n) is 1.87. The van der Waals surface area contributed by atoms with E-state index in [1.54, 1.807) is 0 Å². The predicted octanol–water partition coefficient (Wildman–Crippen LogP) is 1.36. The summed E-state index contributed by atoms with van der Waals surface area (Å²) < 4.78 is 4.03. The maximum atomic E-state index is 4.53. The molecule has 0 amide bonds. The molecule has 5 nitrogen and oxygen atoms in total. The molecular weight excluding hydrogens is 226 g/mol. The van der Waals surface area contributed by atoms with Crippen LogP contribution in [0.5, 0.6) is 0 Å². The molecule has 0 aliphatic heterocycles. The van der Waals surface area contributed by atoms with Gasteiger partial charge in [-0.15, -0.1) is 0 Å². The van der Waals surface area contributed by atoms with E-state index in [1.807, 2.05) is 34.9 Å². The molecule has 2 aromatic heterocycles. The zero-order valence-electron chi connectivity index (χ0n) is 11.1. The summed E-state index contributed by atoms with van der Waals surface area (Å²) in [5.74, 6) is 1.09. The van der Waals surface area contributed by atoms with Crippen LogP contribution in [0.4, 0.5) is 0 Å². The number of hydrogen-bond donors (Lipinski definition) is 1. The third kappa shape index (κ3) is 3.43. The lowest BCUT2D eigenvalue weighted by Gasteiger charge is -2.02. The minimum Gasteiger partial charge on any atom is -0.338 e. The Bertz CT molecular complexity index is 471. The van der Waals surface area contributed by atoms with Gasteiger partial charge in [0.05, 0.1) is 5.69 Å². The topological polar surface area (TPSA) is 47.7 Å². The Balaban J connectivity index is 1.81. The van der Waals surface area contributed by atoms with Crippen molar-refractivity contribution in [3.63, 3.8) is 0 Å². The summed E-state index contributed by atoms with van der Waals surface area (Å²) >= 11 is 0. The van der Waals surface area contributed by atoms with E-state index in [9.17, 15) is 0 Å². The molecule has 0 saturated heterocycles. The van der Waals surface area contributed by atoms with E-state index >= 15 is 0 Å². The van der Waals surface area contributed by atoms with Crippen molar-refractivity contribution in [2.75, 3.05) is 6.54 Å². The third-order valence-electron chi connectivity index (χ3n) is 2.91. The summed E-state index contributed by atoms with van der Waals surface area (Å²) in [6, 6.07) is 2.07. The number of nitrogens with zero attached hydrogens (tertiary/aromatic N) is 4. The zero-order chi connectivity index (χ0) is 12.8. The summed E-state index contributed by atoms with van der Waals surface area (Å²) in [5.41, 5.74) is 1.10. The highest BCUT2D eigenvalue weighted by Crippen LogP contribution is 2.00. The van der Waals surface area contributed by atoms with E-state index in [4.69, 9.17) is 0 Å². The van der Waals surface area contributed by atoms with Gasteiger partial charge in [0.15, 0.2) is 0 Å². The van der Waals surface area contributed by atoms with Gasteiger partial charge in [-0.05, 0) is 19.0 Å². The number of aryl methyl sites for hydroxylation is 3. The van der Waals surface area contributed by atoms with Crippen molar-refractivity contribution >= 4 is 0 Å². The van der Waals surface area contributed by atoms with Crippen molar-refractivity contribution in [2.24, 2.45) is 7.05 Å². The van der Waals surface area contributed by atoms with Crippen molar-refractivity contribution in [1.29, 1.82) is 0 Å². The van der Waals surface area contributed by atoms with Gasteiger partial charge in [-0.25, -0.2) is 4.98 Å². The second kappa shape index (κ2) is 6.35. The van der Waals surface area contributed by atoms with Crippen LogP contribution in [0, 0.1) is 0 Å². The maximum absolute atomic E-state index is 4.53. The Hall–Kier alpha value is -1.62. The normalized spacial score (nSPS) is 11.0. The monoisotopic (exact) mass is 247 g/mol. The summed E-state index contributed by atoms with van der Waals surface area (Å²) in [4.78, 5) is 4.31. The van der Waals surface area contributed by atoms with Crippen LogP contribution in [0.3, 0.4) is 0 Å². The van der Waals surface area contributed by atoms with Gasteiger partial charge in [-0.2, -0.15) is 5.10 Å². The molecule has 0 unspecified atom stereocenters. The fraction of sp³-hybridized carbons (Fsp3) is 0.538. The van der Waals surface area contributed by atoms with E-state index < -0.39 is 0 Å². The van der Waals surface area contributed by atoms with Gasteiger partial charge in [-0.1, -0.05) is 6.92 Å². The fourth-order valence-corrected chi connectivity index (χ4v) is 1.87. The van der Waals surface area contributed by atoms with Crippen LogP contribution < -0.4 is 5.32 Å². The molecule has 0 spiro atoms. The zero-order valence-corrected chi connectivity index (χ0v) is 11.1. The molecule has 2 aromatic rings. The first-order valence-electron chi connectivity index (χ1n) is 6.49. The van der Waals surface area contributed by atoms with Crippen molar-refractivity contribution in [2.45, 2.75) is 32.9 Å². The highest BCUT2D eigenvalue weighted by atomic mass is 15.3. The standard InChI is InChI=1S/C13H21N5/c1-3-6-14-11-12-4-8-18(16-12)9-5-13-15-7-10-17(13)2/h4,7-8,10,14H,3,5-6,9,11H2,1-2H3. The Morgan fingerprint density at radius 2 is 2.22 bits per heavy atom. The number of nitrogens with one attached hydrogen (secondary N) is 1. The van der Waals surface area contributed by atoms with Gasteiger partial charge in [0.2, 0.25) is 0 Å². The van der Waals surface area contributed by atoms with Crippen LogP contribution in [-0.4, -0.2) is 25.9 Å². The largest absolute Gasteiger partial charge is 0.338 e. The van der Waals surface area contributed by atoms with Gasteiger partial charge in [-0.3, -0.25) is 4.68 Å². The summed E-state index contributed by atoms with van der Waals surface area (Å²) in [7, 11) is 2.02. The third-order valence-corrected chi connectivity index (χ3v) is 2.91. The number of imidazole rings is 1. The molecule has 0 atom stereocenters. The first kappa shape index (κ1) is 12.8. The minimum absolute atomic E-state index is 0.850. The van der Waals surface area contributed by atoms with Crippen molar-refractivity contribution in [3.8, 4) is 0 Å². The molecule has 2 rings (SSSR count).